The lowest BCUT2D eigenvalue weighted by Gasteiger charge is -2.16. The van der Waals surface area contributed by atoms with Gasteiger partial charge in [-0.3, -0.25) is 0 Å². The fourth-order valence-corrected chi connectivity index (χ4v) is 6.46. The molecule has 2 aromatic heterocycles. The molecule has 3 heterocycles. The maximum Gasteiger partial charge on any atom is 0.0898 e. The van der Waals surface area contributed by atoms with Gasteiger partial charge in [-0.05, 0) is 37.1 Å². The van der Waals surface area contributed by atoms with E-state index in [0.29, 0.717) is 0 Å². The van der Waals surface area contributed by atoms with Gasteiger partial charge >= 0.3 is 0 Å². The molecule has 0 bridgehead atoms. The number of aryl methyl sites for hydroxylation is 2. The lowest BCUT2D eigenvalue weighted by Crippen LogP contribution is -2.21. The standard InChI is InChI=1S/C27H26N2S2/c1-18-22(15-24(30-18)20-11-7-5-8-12-20)26-27(29(4)17-28(26)3)23-16-25(31-19(23)2)21-13-9-6-10-14-21/h5-16H,17H2,1-4H3. The van der Waals surface area contributed by atoms with Crippen LogP contribution >= 0.6 is 22.7 Å². The SMILES string of the molecule is Cc1sc(-c2ccccc2)cc1C1=C(c2cc(-c3ccccc3)sc2C)N(C)CN1C. The Bertz CT molecular complexity index is 1150. The van der Waals surface area contributed by atoms with Crippen LogP contribution in [0.4, 0.5) is 0 Å². The molecule has 31 heavy (non-hydrogen) atoms. The normalized spacial score (nSPS) is 14.1. The molecule has 0 saturated carbocycles. The van der Waals surface area contributed by atoms with Crippen LogP contribution in [0.15, 0.2) is 72.8 Å². The first-order chi connectivity index (χ1) is 15.0. The third-order valence-corrected chi connectivity index (χ3v) is 8.07. The van der Waals surface area contributed by atoms with Crippen molar-refractivity contribution in [1.29, 1.82) is 0 Å². The van der Waals surface area contributed by atoms with Crippen LogP contribution in [0.5, 0.6) is 0 Å². The number of nitrogens with zero attached hydrogens (tertiary/aromatic N) is 2. The molecule has 0 unspecified atom stereocenters. The van der Waals surface area contributed by atoms with Crippen LogP contribution in [0, 0.1) is 13.8 Å². The Labute approximate surface area is 192 Å². The van der Waals surface area contributed by atoms with Crippen molar-refractivity contribution in [3.63, 3.8) is 0 Å². The van der Waals surface area contributed by atoms with E-state index in [1.54, 1.807) is 0 Å². The lowest BCUT2D eigenvalue weighted by molar-refractivity contribution is 0.355. The van der Waals surface area contributed by atoms with Crippen molar-refractivity contribution in [3.8, 4) is 20.9 Å². The first-order valence-electron chi connectivity index (χ1n) is 10.5. The molecule has 4 aromatic rings. The summed E-state index contributed by atoms with van der Waals surface area (Å²) in [6.07, 6.45) is 0. The highest BCUT2D eigenvalue weighted by Crippen LogP contribution is 2.44. The van der Waals surface area contributed by atoms with Gasteiger partial charge in [0.05, 0.1) is 18.1 Å². The van der Waals surface area contributed by atoms with Crippen LogP contribution in [0.3, 0.4) is 0 Å². The molecular formula is C27H26N2S2. The minimum Gasteiger partial charge on any atom is -0.355 e. The van der Waals surface area contributed by atoms with Gasteiger partial charge in [-0.2, -0.15) is 0 Å². The van der Waals surface area contributed by atoms with Crippen LogP contribution in [-0.4, -0.2) is 30.6 Å². The molecule has 0 saturated heterocycles. The van der Waals surface area contributed by atoms with E-state index in [0.717, 1.165) is 6.67 Å². The van der Waals surface area contributed by atoms with Gasteiger partial charge in [0, 0.05) is 44.7 Å². The molecule has 1 aliphatic rings. The van der Waals surface area contributed by atoms with E-state index >= 15 is 0 Å². The zero-order valence-electron chi connectivity index (χ0n) is 18.3. The molecule has 0 aliphatic carbocycles. The molecule has 0 N–H and O–H groups in total. The fraction of sp³-hybridized carbons (Fsp3) is 0.185. The van der Waals surface area contributed by atoms with Crippen LogP contribution < -0.4 is 0 Å². The van der Waals surface area contributed by atoms with E-state index in [2.05, 4.69) is 111 Å². The Morgan fingerprint density at radius 1 is 0.613 bits per heavy atom. The van der Waals surface area contributed by atoms with E-state index < -0.39 is 0 Å². The summed E-state index contributed by atoms with van der Waals surface area (Å²) in [7, 11) is 4.41. The molecule has 0 atom stereocenters. The van der Waals surface area contributed by atoms with Gasteiger partial charge in [-0.25, -0.2) is 0 Å². The Balaban J connectivity index is 1.65. The monoisotopic (exact) mass is 442 g/mol. The summed E-state index contributed by atoms with van der Waals surface area (Å²) in [5, 5.41) is 0. The smallest absolute Gasteiger partial charge is 0.0898 e. The maximum absolute atomic E-state index is 2.39. The molecule has 0 fully saturated rings. The van der Waals surface area contributed by atoms with E-state index in [9.17, 15) is 0 Å². The molecule has 0 amide bonds. The highest BCUT2D eigenvalue weighted by Gasteiger charge is 2.30. The van der Waals surface area contributed by atoms with E-state index in [1.165, 1.54) is 53.2 Å². The van der Waals surface area contributed by atoms with Crippen LogP contribution in [0.2, 0.25) is 0 Å². The second kappa shape index (κ2) is 8.03. The Hall–Kier alpha value is -2.82. The Morgan fingerprint density at radius 2 is 1.00 bits per heavy atom. The number of hydrogen-bond donors (Lipinski definition) is 0. The summed E-state index contributed by atoms with van der Waals surface area (Å²) in [5.41, 5.74) is 7.93. The van der Waals surface area contributed by atoms with Crippen molar-refractivity contribution in [2.45, 2.75) is 13.8 Å². The van der Waals surface area contributed by atoms with Crippen LogP contribution in [0.1, 0.15) is 20.9 Å². The number of thiophene rings is 2. The molecular weight excluding hydrogens is 416 g/mol. The summed E-state index contributed by atoms with van der Waals surface area (Å²) in [4.78, 5) is 10.2. The average Bonchev–Trinajstić information content (AvgIpc) is 3.43. The van der Waals surface area contributed by atoms with Gasteiger partial charge in [0.2, 0.25) is 0 Å². The van der Waals surface area contributed by atoms with Crippen molar-refractivity contribution in [3.05, 3.63) is 93.7 Å². The first kappa shape index (κ1) is 20.1. The summed E-state index contributed by atoms with van der Waals surface area (Å²) in [6, 6.07) is 26.2. The van der Waals surface area contributed by atoms with Gasteiger partial charge in [0.15, 0.2) is 0 Å². The molecule has 2 aromatic carbocycles. The van der Waals surface area contributed by atoms with Crippen molar-refractivity contribution in [2.75, 3.05) is 20.8 Å². The minimum absolute atomic E-state index is 0.899. The van der Waals surface area contributed by atoms with Crippen molar-refractivity contribution in [1.82, 2.24) is 9.80 Å². The summed E-state index contributed by atoms with van der Waals surface area (Å²) >= 11 is 3.77. The summed E-state index contributed by atoms with van der Waals surface area (Å²) < 4.78 is 0. The molecule has 2 nitrogen and oxygen atoms in total. The first-order valence-corrected chi connectivity index (χ1v) is 12.1. The predicted molar refractivity (Wildman–Crippen MR) is 136 cm³/mol. The minimum atomic E-state index is 0.899. The highest BCUT2D eigenvalue weighted by atomic mass is 32.1. The molecule has 0 spiro atoms. The third-order valence-electron chi connectivity index (χ3n) is 5.87. The molecule has 1 aliphatic heterocycles. The van der Waals surface area contributed by atoms with Gasteiger partial charge < -0.3 is 9.80 Å². The zero-order chi connectivity index (χ0) is 21.5. The third kappa shape index (κ3) is 3.60. The van der Waals surface area contributed by atoms with Gasteiger partial charge in [-0.1, -0.05) is 60.7 Å². The van der Waals surface area contributed by atoms with Crippen LogP contribution in [0.25, 0.3) is 32.3 Å². The highest BCUT2D eigenvalue weighted by molar-refractivity contribution is 7.16. The van der Waals surface area contributed by atoms with Crippen molar-refractivity contribution < 1.29 is 0 Å². The van der Waals surface area contributed by atoms with Gasteiger partial charge in [-0.15, -0.1) is 22.7 Å². The topological polar surface area (TPSA) is 6.48 Å². The molecule has 0 radical (unpaired) electrons. The second-order valence-electron chi connectivity index (χ2n) is 8.13. The summed E-state index contributed by atoms with van der Waals surface area (Å²) in [5.74, 6) is 0. The molecule has 156 valence electrons. The van der Waals surface area contributed by atoms with Gasteiger partial charge in [0.1, 0.15) is 0 Å². The molecule has 4 heteroatoms. The molecule has 5 rings (SSSR count). The largest absolute Gasteiger partial charge is 0.355 e. The van der Waals surface area contributed by atoms with Crippen molar-refractivity contribution in [2.24, 2.45) is 0 Å². The lowest BCUT2D eigenvalue weighted by atomic mass is 10.0. The van der Waals surface area contributed by atoms with E-state index in [4.69, 9.17) is 0 Å². The van der Waals surface area contributed by atoms with Crippen molar-refractivity contribution >= 4 is 34.1 Å². The second-order valence-corrected chi connectivity index (χ2v) is 10.6. The Morgan fingerprint density at radius 3 is 1.39 bits per heavy atom. The number of hydrogen-bond acceptors (Lipinski definition) is 4. The average molecular weight is 443 g/mol. The van der Waals surface area contributed by atoms with E-state index in [-0.39, 0.29) is 0 Å². The van der Waals surface area contributed by atoms with E-state index in [1.807, 2.05) is 22.7 Å². The Kier molecular flexibility index (Phi) is 5.20. The fourth-order valence-electron chi connectivity index (χ4n) is 4.41. The predicted octanol–water partition coefficient (Wildman–Crippen LogP) is 7.42. The summed E-state index contributed by atoms with van der Waals surface area (Å²) in [6.45, 7) is 5.40. The van der Waals surface area contributed by atoms with Gasteiger partial charge in [0.25, 0.3) is 0 Å². The zero-order valence-corrected chi connectivity index (χ0v) is 20.0. The number of rotatable bonds is 4. The number of benzene rings is 2. The maximum atomic E-state index is 2.39. The van der Waals surface area contributed by atoms with Crippen LogP contribution in [-0.2, 0) is 0 Å². The quantitative estimate of drug-likeness (QED) is 0.324.